The van der Waals surface area contributed by atoms with Crippen molar-refractivity contribution in [3.8, 4) is 5.82 Å². The minimum atomic E-state index is -0.566. The number of nitrogens with two attached hydrogens (primary N) is 1. The topological polar surface area (TPSA) is 83.0 Å². The fourth-order valence-corrected chi connectivity index (χ4v) is 2.25. The first-order valence-corrected chi connectivity index (χ1v) is 6.53. The van der Waals surface area contributed by atoms with Crippen LogP contribution in [0.3, 0.4) is 0 Å². The van der Waals surface area contributed by atoms with E-state index in [1.807, 2.05) is 0 Å². The molecule has 19 heavy (non-hydrogen) atoms. The highest BCUT2D eigenvalue weighted by atomic mass is 79.9. The van der Waals surface area contributed by atoms with Gasteiger partial charge in [-0.1, -0.05) is 11.6 Å². The van der Waals surface area contributed by atoms with Gasteiger partial charge in [-0.25, -0.2) is 14.5 Å². The summed E-state index contributed by atoms with van der Waals surface area (Å²) in [6, 6.07) is 1.67. The van der Waals surface area contributed by atoms with Crippen LogP contribution in [-0.4, -0.2) is 27.3 Å². The van der Waals surface area contributed by atoms with Crippen LogP contribution in [0.25, 0.3) is 5.82 Å². The third-order valence-corrected chi connectivity index (χ3v) is 3.01. The molecule has 0 amide bonds. The number of ether oxygens (including phenoxy) is 1. The molecule has 2 N–H and O–H groups in total. The Bertz CT molecular complexity index is 629. The van der Waals surface area contributed by atoms with Crippen LogP contribution in [0.4, 0.5) is 5.69 Å². The first-order chi connectivity index (χ1) is 9.02. The number of anilines is 1. The quantitative estimate of drug-likeness (QED) is 0.864. The van der Waals surface area contributed by atoms with Crippen molar-refractivity contribution >= 4 is 39.2 Å². The zero-order valence-corrected chi connectivity index (χ0v) is 12.3. The fourth-order valence-electron chi connectivity index (χ4n) is 1.43. The third-order valence-electron chi connectivity index (χ3n) is 2.22. The lowest BCUT2D eigenvalue weighted by molar-refractivity contribution is 0.0520. The van der Waals surface area contributed by atoms with Gasteiger partial charge in [0.1, 0.15) is 0 Å². The standard InChI is InChI=1S/C11H10BrClN4O2/c1-2-19-11(18)9-8(14)5-17(16-9)10-7(12)3-6(13)4-15-10/h3-5H,2,14H2,1H3. The molecule has 0 radical (unpaired) electrons. The molecule has 0 aliphatic heterocycles. The average Bonchev–Trinajstić information content (AvgIpc) is 2.71. The highest BCUT2D eigenvalue weighted by molar-refractivity contribution is 9.10. The number of esters is 1. The average molecular weight is 346 g/mol. The maximum Gasteiger partial charge on any atom is 0.361 e. The highest BCUT2D eigenvalue weighted by Crippen LogP contribution is 2.23. The number of aromatic nitrogens is 3. The Balaban J connectivity index is 2.42. The fraction of sp³-hybridized carbons (Fsp3) is 0.182. The molecule has 0 aliphatic rings. The number of hydrogen-bond donors (Lipinski definition) is 1. The predicted molar refractivity (Wildman–Crippen MR) is 74.4 cm³/mol. The maximum absolute atomic E-state index is 11.6. The number of carbonyl (C=O) groups is 1. The number of halogens is 2. The monoisotopic (exact) mass is 344 g/mol. The third kappa shape index (κ3) is 2.87. The summed E-state index contributed by atoms with van der Waals surface area (Å²) in [5.74, 6) is -0.0875. The Labute approximate surface area is 122 Å². The van der Waals surface area contributed by atoms with Crippen LogP contribution in [0.5, 0.6) is 0 Å². The summed E-state index contributed by atoms with van der Waals surface area (Å²) in [7, 11) is 0. The summed E-state index contributed by atoms with van der Waals surface area (Å²) in [4.78, 5) is 15.7. The van der Waals surface area contributed by atoms with Crippen LogP contribution in [0.15, 0.2) is 22.9 Å². The molecule has 8 heteroatoms. The molecule has 100 valence electrons. The zero-order valence-electron chi connectivity index (χ0n) is 9.93. The van der Waals surface area contributed by atoms with Crippen molar-refractivity contribution in [1.82, 2.24) is 14.8 Å². The van der Waals surface area contributed by atoms with E-state index in [-0.39, 0.29) is 18.0 Å². The van der Waals surface area contributed by atoms with Gasteiger partial charge in [0.05, 0.1) is 28.0 Å². The second kappa shape index (κ2) is 5.58. The summed E-state index contributed by atoms with van der Waals surface area (Å²) < 4.78 is 6.89. The van der Waals surface area contributed by atoms with Gasteiger partial charge in [0.25, 0.3) is 0 Å². The lowest BCUT2D eigenvalue weighted by Crippen LogP contribution is -2.08. The number of rotatable bonds is 3. The van der Waals surface area contributed by atoms with Gasteiger partial charge < -0.3 is 10.5 Å². The molecule has 0 unspecified atom stereocenters. The van der Waals surface area contributed by atoms with Crippen LogP contribution >= 0.6 is 27.5 Å². The SMILES string of the molecule is CCOC(=O)c1nn(-c2ncc(Cl)cc2Br)cc1N. The molecular formula is C11H10BrClN4O2. The predicted octanol–water partition coefficient (Wildman–Crippen LogP) is 2.44. The van der Waals surface area contributed by atoms with Crippen molar-refractivity contribution < 1.29 is 9.53 Å². The first kappa shape index (κ1) is 13.8. The Kier molecular flexibility index (Phi) is 4.06. The van der Waals surface area contributed by atoms with Crippen molar-refractivity contribution in [1.29, 1.82) is 0 Å². The summed E-state index contributed by atoms with van der Waals surface area (Å²) in [6.07, 6.45) is 2.97. The largest absolute Gasteiger partial charge is 0.461 e. The number of carbonyl (C=O) groups excluding carboxylic acids is 1. The van der Waals surface area contributed by atoms with Crippen molar-refractivity contribution in [3.05, 3.63) is 33.6 Å². The van der Waals surface area contributed by atoms with E-state index < -0.39 is 5.97 Å². The molecule has 2 heterocycles. The molecule has 0 aromatic carbocycles. The number of nitrogen functional groups attached to an aromatic ring is 1. The van der Waals surface area contributed by atoms with Gasteiger partial charge >= 0.3 is 5.97 Å². The Morgan fingerprint density at radius 1 is 1.63 bits per heavy atom. The summed E-state index contributed by atoms with van der Waals surface area (Å²) in [5.41, 5.74) is 6.02. The van der Waals surface area contributed by atoms with E-state index in [4.69, 9.17) is 22.1 Å². The van der Waals surface area contributed by atoms with Gasteiger partial charge in [-0.05, 0) is 28.9 Å². The van der Waals surface area contributed by atoms with Crippen molar-refractivity contribution in [3.63, 3.8) is 0 Å². The van der Waals surface area contributed by atoms with E-state index in [9.17, 15) is 4.79 Å². The molecule has 2 aromatic rings. The summed E-state index contributed by atoms with van der Waals surface area (Å²) >= 11 is 9.13. The smallest absolute Gasteiger partial charge is 0.361 e. The normalized spacial score (nSPS) is 10.5. The first-order valence-electron chi connectivity index (χ1n) is 5.36. The van der Waals surface area contributed by atoms with Crippen LogP contribution in [0, 0.1) is 0 Å². The van der Waals surface area contributed by atoms with Crippen LogP contribution in [0.2, 0.25) is 5.02 Å². The Hall–Kier alpha value is -1.60. The number of nitrogens with zero attached hydrogens (tertiary/aromatic N) is 3. The molecule has 0 fully saturated rings. The Morgan fingerprint density at radius 3 is 3.00 bits per heavy atom. The highest BCUT2D eigenvalue weighted by Gasteiger charge is 2.18. The Morgan fingerprint density at radius 2 is 2.37 bits per heavy atom. The van der Waals surface area contributed by atoms with E-state index in [1.165, 1.54) is 17.1 Å². The number of hydrogen-bond acceptors (Lipinski definition) is 5. The lowest BCUT2D eigenvalue weighted by Gasteiger charge is -2.03. The molecule has 0 bridgehead atoms. The van der Waals surface area contributed by atoms with E-state index in [0.717, 1.165) is 0 Å². The molecule has 0 saturated carbocycles. The molecule has 2 rings (SSSR count). The molecule has 0 atom stereocenters. The van der Waals surface area contributed by atoms with Gasteiger partial charge in [0, 0.05) is 6.20 Å². The van der Waals surface area contributed by atoms with Gasteiger partial charge in [0.15, 0.2) is 11.5 Å². The van der Waals surface area contributed by atoms with E-state index >= 15 is 0 Å². The zero-order chi connectivity index (χ0) is 14.0. The van der Waals surface area contributed by atoms with Crippen LogP contribution in [-0.2, 0) is 4.74 Å². The van der Waals surface area contributed by atoms with Gasteiger partial charge in [-0.2, -0.15) is 5.10 Å². The number of pyridine rings is 1. The van der Waals surface area contributed by atoms with Gasteiger partial charge in [-0.3, -0.25) is 0 Å². The second-order valence-electron chi connectivity index (χ2n) is 3.56. The van der Waals surface area contributed by atoms with Crippen molar-refractivity contribution in [2.45, 2.75) is 6.92 Å². The molecular weight excluding hydrogens is 336 g/mol. The van der Waals surface area contributed by atoms with Crippen molar-refractivity contribution in [2.24, 2.45) is 0 Å². The molecule has 0 spiro atoms. The van der Waals surface area contributed by atoms with Crippen molar-refractivity contribution in [2.75, 3.05) is 12.3 Å². The van der Waals surface area contributed by atoms with E-state index in [0.29, 0.717) is 15.3 Å². The van der Waals surface area contributed by atoms with Gasteiger partial charge in [0.2, 0.25) is 0 Å². The van der Waals surface area contributed by atoms with Gasteiger partial charge in [-0.15, -0.1) is 0 Å². The van der Waals surface area contributed by atoms with Crippen LogP contribution < -0.4 is 5.73 Å². The maximum atomic E-state index is 11.6. The second-order valence-corrected chi connectivity index (χ2v) is 4.85. The van der Waals surface area contributed by atoms with Crippen LogP contribution in [0.1, 0.15) is 17.4 Å². The van der Waals surface area contributed by atoms with E-state index in [1.54, 1.807) is 13.0 Å². The lowest BCUT2D eigenvalue weighted by atomic mass is 10.4. The minimum absolute atomic E-state index is 0.0606. The van der Waals surface area contributed by atoms with E-state index in [2.05, 4.69) is 26.0 Å². The summed E-state index contributed by atoms with van der Waals surface area (Å²) in [6.45, 7) is 1.97. The summed E-state index contributed by atoms with van der Waals surface area (Å²) in [5, 5.41) is 4.56. The molecule has 0 saturated heterocycles. The molecule has 0 aliphatic carbocycles. The molecule has 6 nitrogen and oxygen atoms in total. The molecule has 2 aromatic heterocycles. The minimum Gasteiger partial charge on any atom is -0.461 e.